The van der Waals surface area contributed by atoms with Gasteiger partial charge in [-0.2, -0.15) is 0 Å². The molecule has 2 aromatic heterocycles. The Hall–Kier alpha value is -5.34. The molecule has 2 nitrogen and oxygen atoms in total. The fraction of sp³-hybridized carbons (Fsp3) is 0. The van der Waals surface area contributed by atoms with Crippen molar-refractivity contribution in [1.29, 1.82) is 0 Å². The Morgan fingerprint density at radius 2 is 0.950 bits per heavy atom. The average Bonchev–Trinajstić information content (AvgIpc) is 3.58. The highest BCUT2D eigenvalue weighted by atomic mass is 16.3. The minimum Gasteiger partial charge on any atom is -0.455 e. The van der Waals surface area contributed by atoms with Crippen LogP contribution in [0, 0.1) is 0 Å². The summed E-state index contributed by atoms with van der Waals surface area (Å²) in [5.41, 5.74) is 7.98. The third-order valence-electron chi connectivity index (χ3n) is 7.81. The second-order valence-corrected chi connectivity index (χ2v) is 10.1. The van der Waals surface area contributed by atoms with Crippen LogP contribution in [0.3, 0.4) is 0 Å². The van der Waals surface area contributed by atoms with Crippen molar-refractivity contribution < 1.29 is 4.42 Å². The molecule has 0 saturated heterocycles. The molecule has 188 valence electrons. The summed E-state index contributed by atoms with van der Waals surface area (Å²) in [6.45, 7) is 0. The fourth-order valence-corrected chi connectivity index (χ4v) is 6.08. The zero-order valence-corrected chi connectivity index (χ0v) is 21.8. The van der Waals surface area contributed by atoms with Gasteiger partial charge in [-0.25, -0.2) is 0 Å². The van der Waals surface area contributed by atoms with Crippen LogP contribution in [0.1, 0.15) is 0 Å². The predicted molar refractivity (Wildman–Crippen MR) is 167 cm³/mol. The molecule has 0 spiro atoms. The Morgan fingerprint density at radius 3 is 1.65 bits per heavy atom. The quantitative estimate of drug-likeness (QED) is 0.230. The number of benzene rings is 6. The van der Waals surface area contributed by atoms with Gasteiger partial charge < -0.3 is 8.98 Å². The van der Waals surface area contributed by atoms with Crippen molar-refractivity contribution in [2.24, 2.45) is 0 Å². The molecule has 2 heterocycles. The molecule has 0 saturated carbocycles. The summed E-state index contributed by atoms with van der Waals surface area (Å²) in [6.07, 6.45) is 0. The SMILES string of the molecule is c1ccc(-c2oc(-c3ccc4c5ccccc5n(-c5ccccc5)c4c3-c3ccccc3)c3ccccc23)cc1. The van der Waals surface area contributed by atoms with E-state index < -0.39 is 0 Å². The molecule has 0 amide bonds. The van der Waals surface area contributed by atoms with E-state index in [1.807, 2.05) is 6.07 Å². The normalized spacial score (nSPS) is 11.5. The molecule has 0 unspecified atom stereocenters. The third-order valence-corrected chi connectivity index (χ3v) is 7.81. The van der Waals surface area contributed by atoms with E-state index in [0.29, 0.717) is 0 Å². The lowest BCUT2D eigenvalue weighted by Gasteiger charge is -2.15. The standard InChI is InChI=1S/C38H25NO/c1-4-14-26(15-5-1)35-33(38-32-22-11-10-21-31(32)37(40-38)27-16-6-2-7-17-27)25-24-30-29-20-12-13-23-34(29)39(36(30)35)28-18-8-3-9-19-28/h1-25H. The summed E-state index contributed by atoms with van der Waals surface area (Å²) in [5.74, 6) is 1.79. The Morgan fingerprint density at radius 1 is 0.400 bits per heavy atom. The van der Waals surface area contributed by atoms with Gasteiger partial charge >= 0.3 is 0 Å². The summed E-state index contributed by atoms with van der Waals surface area (Å²) in [7, 11) is 0. The van der Waals surface area contributed by atoms with Gasteiger partial charge in [0, 0.05) is 43.9 Å². The number of aromatic nitrogens is 1. The number of hydrogen-bond acceptors (Lipinski definition) is 1. The lowest BCUT2D eigenvalue weighted by atomic mass is 9.93. The average molecular weight is 512 g/mol. The van der Waals surface area contributed by atoms with E-state index in [2.05, 4.69) is 150 Å². The second kappa shape index (κ2) is 9.14. The first-order chi connectivity index (χ1) is 19.9. The lowest BCUT2D eigenvalue weighted by molar-refractivity contribution is 0.602. The molecule has 0 aliphatic carbocycles. The first-order valence-electron chi connectivity index (χ1n) is 13.6. The van der Waals surface area contributed by atoms with Gasteiger partial charge in [0.05, 0.1) is 11.0 Å². The topological polar surface area (TPSA) is 18.1 Å². The van der Waals surface area contributed by atoms with E-state index in [-0.39, 0.29) is 0 Å². The van der Waals surface area contributed by atoms with Gasteiger partial charge in [-0.15, -0.1) is 0 Å². The van der Waals surface area contributed by atoms with Gasteiger partial charge in [0.25, 0.3) is 0 Å². The molecule has 8 aromatic rings. The Balaban J connectivity index is 1.55. The fourth-order valence-electron chi connectivity index (χ4n) is 6.08. The van der Waals surface area contributed by atoms with E-state index >= 15 is 0 Å². The van der Waals surface area contributed by atoms with Crippen molar-refractivity contribution in [2.75, 3.05) is 0 Å². The van der Waals surface area contributed by atoms with Crippen molar-refractivity contribution in [2.45, 2.75) is 0 Å². The number of furan rings is 1. The first-order valence-corrected chi connectivity index (χ1v) is 13.6. The molecular formula is C38H25NO. The smallest absolute Gasteiger partial charge is 0.143 e. The van der Waals surface area contributed by atoms with Crippen molar-refractivity contribution >= 4 is 32.6 Å². The van der Waals surface area contributed by atoms with Gasteiger partial charge in [0.15, 0.2) is 0 Å². The van der Waals surface area contributed by atoms with Crippen LogP contribution in [-0.4, -0.2) is 4.57 Å². The molecule has 0 bridgehead atoms. The van der Waals surface area contributed by atoms with E-state index in [4.69, 9.17) is 4.42 Å². The third kappa shape index (κ3) is 3.43. The maximum absolute atomic E-state index is 6.86. The highest BCUT2D eigenvalue weighted by Gasteiger charge is 2.24. The maximum atomic E-state index is 6.86. The van der Waals surface area contributed by atoms with E-state index in [9.17, 15) is 0 Å². The molecule has 6 aromatic carbocycles. The molecule has 0 N–H and O–H groups in total. The summed E-state index contributed by atoms with van der Waals surface area (Å²) in [5, 5.41) is 4.69. The predicted octanol–water partition coefficient (Wildman–Crippen LogP) is 10.5. The molecule has 0 fully saturated rings. The van der Waals surface area contributed by atoms with Gasteiger partial charge in [-0.3, -0.25) is 0 Å². The largest absolute Gasteiger partial charge is 0.455 e. The first kappa shape index (κ1) is 22.6. The Kier molecular flexibility index (Phi) is 5.17. The van der Waals surface area contributed by atoms with Crippen LogP contribution in [0.15, 0.2) is 156 Å². The summed E-state index contributed by atoms with van der Waals surface area (Å²) < 4.78 is 9.26. The molecule has 2 heteroatoms. The highest BCUT2D eigenvalue weighted by molar-refractivity contribution is 6.17. The van der Waals surface area contributed by atoms with Crippen molar-refractivity contribution in [1.82, 2.24) is 4.57 Å². The van der Waals surface area contributed by atoms with Gasteiger partial charge in [-0.1, -0.05) is 127 Å². The number of nitrogens with zero attached hydrogens (tertiary/aromatic N) is 1. The van der Waals surface area contributed by atoms with Crippen LogP contribution < -0.4 is 0 Å². The molecule has 0 atom stereocenters. The second-order valence-electron chi connectivity index (χ2n) is 10.1. The zero-order valence-electron chi connectivity index (χ0n) is 21.8. The molecule has 0 aliphatic heterocycles. The van der Waals surface area contributed by atoms with Crippen LogP contribution in [0.25, 0.3) is 72.0 Å². The highest BCUT2D eigenvalue weighted by Crippen LogP contribution is 2.47. The molecular weight excluding hydrogens is 486 g/mol. The summed E-state index contributed by atoms with van der Waals surface area (Å²) in [4.78, 5) is 0. The number of hydrogen-bond donors (Lipinski definition) is 0. The molecule has 0 aliphatic rings. The Labute approximate surface area is 232 Å². The maximum Gasteiger partial charge on any atom is 0.143 e. The van der Waals surface area contributed by atoms with Crippen LogP contribution in [-0.2, 0) is 0 Å². The molecule has 40 heavy (non-hydrogen) atoms. The number of rotatable bonds is 4. The van der Waals surface area contributed by atoms with Crippen LogP contribution in [0.5, 0.6) is 0 Å². The van der Waals surface area contributed by atoms with E-state index in [1.165, 1.54) is 21.8 Å². The van der Waals surface area contributed by atoms with Crippen molar-refractivity contribution in [3.05, 3.63) is 152 Å². The van der Waals surface area contributed by atoms with Gasteiger partial charge in [-0.05, 0) is 29.8 Å². The molecule has 0 radical (unpaired) electrons. The minimum atomic E-state index is 0.889. The minimum absolute atomic E-state index is 0.889. The summed E-state index contributed by atoms with van der Waals surface area (Å²) in [6, 6.07) is 53.5. The van der Waals surface area contributed by atoms with Crippen LogP contribution >= 0.6 is 0 Å². The van der Waals surface area contributed by atoms with Crippen LogP contribution in [0.4, 0.5) is 0 Å². The number of para-hydroxylation sites is 2. The summed E-state index contributed by atoms with van der Waals surface area (Å²) >= 11 is 0. The van der Waals surface area contributed by atoms with Gasteiger partial charge in [0.2, 0.25) is 0 Å². The molecule has 8 rings (SSSR count). The van der Waals surface area contributed by atoms with Crippen LogP contribution in [0.2, 0.25) is 0 Å². The van der Waals surface area contributed by atoms with Crippen molar-refractivity contribution in [3.8, 4) is 39.5 Å². The monoisotopic (exact) mass is 511 g/mol. The Bertz CT molecular complexity index is 2140. The van der Waals surface area contributed by atoms with Crippen molar-refractivity contribution in [3.63, 3.8) is 0 Å². The van der Waals surface area contributed by atoms with E-state index in [0.717, 1.165) is 50.2 Å². The number of fused-ring (bicyclic) bond motifs is 4. The van der Waals surface area contributed by atoms with E-state index in [1.54, 1.807) is 0 Å². The lowest BCUT2D eigenvalue weighted by Crippen LogP contribution is -1.96. The zero-order chi connectivity index (χ0) is 26.5. The van der Waals surface area contributed by atoms with Gasteiger partial charge in [0.1, 0.15) is 11.5 Å².